The SMILES string of the molecule is CC(C)NCc1occc1CN(C)Cc1ccccn1. The molecule has 2 aromatic heterocycles. The van der Waals surface area contributed by atoms with Crippen LogP contribution in [-0.4, -0.2) is 23.0 Å². The number of hydrogen-bond acceptors (Lipinski definition) is 4. The van der Waals surface area contributed by atoms with Crippen LogP contribution in [0.4, 0.5) is 0 Å². The average molecular weight is 273 g/mol. The largest absolute Gasteiger partial charge is 0.468 e. The van der Waals surface area contributed by atoms with Crippen LogP contribution >= 0.6 is 0 Å². The van der Waals surface area contributed by atoms with Gasteiger partial charge in [-0.05, 0) is 25.2 Å². The zero-order valence-corrected chi connectivity index (χ0v) is 12.5. The molecule has 2 aromatic rings. The Morgan fingerprint density at radius 1 is 1.25 bits per heavy atom. The van der Waals surface area contributed by atoms with Crippen LogP contribution < -0.4 is 5.32 Å². The maximum atomic E-state index is 5.56. The first-order chi connectivity index (χ1) is 9.65. The molecule has 2 heterocycles. The zero-order chi connectivity index (χ0) is 14.4. The van der Waals surface area contributed by atoms with Crippen LogP contribution in [-0.2, 0) is 19.6 Å². The van der Waals surface area contributed by atoms with Crippen LogP contribution in [0.3, 0.4) is 0 Å². The lowest BCUT2D eigenvalue weighted by molar-refractivity contribution is 0.310. The van der Waals surface area contributed by atoms with Crippen LogP contribution in [0.2, 0.25) is 0 Å². The Kier molecular flexibility index (Phi) is 5.32. The fourth-order valence-electron chi connectivity index (χ4n) is 2.07. The summed E-state index contributed by atoms with van der Waals surface area (Å²) in [5.41, 5.74) is 2.32. The molecule has 4 nitrogen and oxygen atoms in total. The van der Waals surface area contributed by atoms with Crippen molar-refractivity contribution in [3.8, 4) is 0 Å². The molecular formula is C16H23N3O. The lowest BCUT2D eigenvalue weighted by atomic mass is 10.2. The van der Waals surface area contributed by atoms with Gasteiger partial charge < -0.3 is 9.73 Å². The molecular weight excluding hydrogens is 250 g/mol. The van der Waals surface area contributed by atoms with Crippen molar-refractivity contribution in [1.82, 2.24) is 15.2 Å². The number of rotatable bonds is 7. The predicted octanol–water partition coefficient (Wildman–Crippen LogP) is 2.80. The summed E-state index contributed by atoms with van der Waals surface area (Å²) < 4.78 is 5.56. The highest BCUT2D eigenvalue weighted by Gasteiger charge is 2.10. The summed E-state index contributed by atoms with van der Waals surface area (Å²) in [4.78, 5) is 6.59. The lowest BCUT2D eigenvalue weighted by Crippen LogP contribution is -2.23. The van der Waals surface area contributed by atoms with Crippen molar-refractivity contribution in [2.45, 2.75) is 39.5 Å². The highest BCUT2D eigenvalue weighted by atomic mass is 16.3. The molecule has 20 heavy (non-hydrogen) atoms. The molecule has 0 spiro atoms. The molecule has 0 unspecified atom stereocenters. The third-order valence-corrected chi connectivity index (χ3v) is 3.11. The minimum Gasteiger partial charge on any atom is -0.468 e. The van der Waals surface area contributed by atoms with Crippen molar-refractivity contribution >= 4 is 0 Å². The van der Waals surface area contributed by atoms with Gasteiger partial charge in [0.1, 0.15) is 5.76 Å². The summed E-state index contributed by atoms with van der Waals surface area (Å²) in [5, 5.41) is 3.39. The highest BCUT2D eigenvalue weighted by molar-refractivity contribution is 5.17. The van der Waals surface area contributed by atoms with E-state index in [-0.39, 0.29) is 0 Å². The van der Waals surface area contributed by atoms with Gasteiger partial charge in [0, 0.05) is 30.9 Å². The predicted molar refractivity (Wildman–Crippen MR) is 80.1 cm³/mol. The number of nitrogens with one attached hydrogen (secondary N) is 1. The van der Waals surface area contributed by atoms with E-state index in [4.69, 9.17) is 4.42 Å². The van der Waals surface area contributed by atoms with Crippen molar-refractivity contribution in [1.29, 1.82) is 0 Å². The standard InChI is InChI=1S/C16H23N3O/c1-13(2)18-10-16-14(7-9-20-16)11-19(3)12-15-6-4-5-8-17-15/h4-9,13,18H,10-12H2,1-3H3. The monoisotopic (exact) mass is 273 g/mol. The highest BCUT2D eigenvalue weighted by Crippen LogP contribution is 2.14. The van der Waals surface area contributed by atoms with Crippen molar-refractivity contribution in [3.63, 3.8) is 0 Å². The third-order valence-electron chi connectivity index (χ3n) is 3.11. The first-order valence-electron chi connectivity index (χ1n) is 7.02. The van der Waals surface area contributed by atoms with Gasteiger partial charge in [0.25, 0.3) is 0 Å². The Labute approximate surface area is 120 Å². The van der Waals surface area contributed by atoms with Crippen molar-refractivity contribution in [2.75, 3.05) is 7.05 Å². The Morgan fingerprint density at radius 3 is 2.80 bits per heavy atom. The van der Waals surface area contributed by atoms with Crippen molar-refractivity contribution < 1.29 is 4.42 Å². The molecule has 0 saturated heterocycles. The summed E-state index contributed by atoms with van der Waals surface area (Å²) in [6.07, 6.45) is 3.60. The van der Waals surface area contributed by atoms with Gasteiger partial charge in [-0.1, -0.05) is 19.9 Å². The van der Waals surface area contributed by atoms with Crippen molar-refractivity contribution in [3.05, 3.63) is 53.7 Å². The second kappa shape index (κ2) is 7.22. The maximum Gasteiger partial charge on any atom is 0.122 e. The minimum atomic E-state index is 0.458. The second-order valence-corrected chi connectivity index (χ2v) is 5.40. The molecule has 0 fully saturated rings. The molecule has 0 atom stereocenters. The number of aromatic nitrogens is 1. The van der Waals surface area contributed by atoms with Gasteiger partial charge in [0.05, 0.1) is 18.5 Å². The smallest absolute Gasteiger partial charge is 0.122 e. The van der Waals surface area contributed by atoms with E-state index in [0.29, 0.717) is 6.04 Å². The Hall–Kier alpha value is -1.65. The quantitative estimate of drug-likeness (QED) is 0.842. The molecule has 0 radical (unpaired) electrons. The molecule has 2 rings (SSSR count). The summed E-state index contributed by atoms with van der Waals surface area (Å²) in [5.74, 6) is 1.02. The van der Waals surface area contributed by atoms with Gasteiger partial charge in [0.2, 0.25) is 0 Å². The number of furan rings is 1. The third kappa shape index (κ3) is 4.47. The molecule has 0 bridgehead atoms. The van der Waals surface area contributed by atoms with E-state index in [1.54, 1.807) is 6.26 Å². The number of nitrogens with zero attached hydrogens (tertiary/aromatic N) is 2. The average Bonchev–Trinajstić information content (AvgIpc) is 2.84. The van der Waals surface area contributed by atoms with Gasteiger partial charge in [0.15, 0.2) is 0 Å². The first-order valence-corrected chi connectivity index (χ1v) is 7.02. The van der Waals surface area contributed by atoms with Gasteiger partial charge in [-0.15, -0.1) is 0 Å². The summed E-state index contributed by atoms with van der Waals surface area (Å²) >= 11 is 0. The molecule has 108 valence electrons. The topological polar surface area (TPSA) is 41.3 Å². The second-order valence-electron chi connectivity index (χ2n) is 5.40. The molecule has 1 N–H and O–H groups in total. The fraction of sp³-hybridized carbons (Fsp3) is 0.438. The minimum absolute atomic E-state index is 0.458. The van der Waals surface area contributed by atoms with E-state index in [0.717, 1.165) is 31.1 Å². The number of hydrogen-bond donors (Lipinski definition) is 1. The van der Waals surface area contributed by atoms with E-state index in [9.17, 15) is 0 Å². The van der Waals surface area contributed by atoms with Gasteiger partial charge in [-0.3, -0.25) is 9.88 Å². The van der Waals surface area contributed by atoms with E-state index < -0.39 is 0 Å². The molecule has 0 aliphatic heterocycles. The molecule has 0 aromatic carbocycles. The van der Waals surface area contributed by atoms with Gasteiger partial charge in [-0.2, -0.15) is 0 Å². The van der Waals surface area contributed by atoms with E-state index in [1.165, 1.54) is 5.56 Å². The molecule has 0 aliphatic carbocycles. The normalized spacial score (nSPS) is 11.4. The van der Waals surface area contributed by atoms with Crippen LogP contribution in [0.15, 0.2) is 41.1 Å². The van der Waals surface area contributed by atoms with E-state index >= 15 is 0 Å². The summed E-state index contributed by atoms with van der Waals surface area (Å²) in [6.45, 7) is 6.74. The molecule has 0 saturated carbocycles. The molecule has 4 heteroatoms. The van der Waals surface area contributed by atoms with Gasteiger partial charge >= 0.3 is 0 Å². The van der Waals surface area contributed by atoms with Crippen LogP contribution in [0.5, 0.6) is 0 Å². The summed E-state index contributed by atoms with van der Waals surface area (Å²) in [7, 11) is 2.10. The Balaban J connectivity index is 1.91. The summed E-state index contributed by atoms with van der Waals surface area (Å²) in [6, 6.07) is 8.51. The first kappa shape index (κ1) is 14.8. The number of pyridine rings is 1. The molecule has 0 amide bonds. The van der Waals surface area contributed by atoms with Crippen LogP contribution in [0.1, 0.15) is 30.9 Å². The zero-order valence-electron chi connectivity index (χ0n) is 12.5. The van der Waals surface area contributed by atoms with Crippen LogP contribution in [0, 0.1) is 0 Å². The van der Waals surface area contributed by atoms with E-state index in [1.807, 2.05) is 30.5 Å². The molecule has 0 aliphatic rings. The van der Waals surface area contributed by atoms with Crippen molar-refractivity contribution in [2.24, 2.45) is 0 Å². The fourth-order valence-corrected chi connectivity index (χ4v) is 2.07. The van der Waals surface area contributed by atoms with Crippen LogP contribution in [0.25, 0.3) is 0 Å². The maximum absolute atomic E-state index is 5.56. The van der Waals surface area contributed by atoms with E-state index in [2.05, 4.69) is 36.1 Å². The van der Waals surface area contributed by atoms with Gasteiger partial charge in [-0.25, -0.2) is 0 Å². The Morgan fingerprint density at radius 2 is 2.10 bits per heavy atom. The lowest BCUT2D eigenvalue weighted by Gasteiger charge is -2.16. The Bertz CT molecular complexity index is 507.